The van der Waals surface area contributed by atoms with Crippen LogP contribution in [-0.4, -0.2) is 22.8 Å². The monoisotopic (exact) mass is 234 g/mol. The maximum atomic E-state index is 13.2. The quantitative estimate of drug-likeness (QED) is 0.842. The number of aromatic hydroxyl groups is 1. The fourth-order valence-corrected chi connectivity index (χ4v) is 1.32. The van der Waals surface area contributed by atoms with Gasteiger partial charge in [-0.1, -0.05) is 11.6 Å². The first-order valence-corrected chi connectivity index (χ1v) is 4.43. The molecule has 0 aromatic heterocycles. The molecule has 1 aromatic carbocycles. The van der Waals surface area contributed by atoms with Gasteiger partial charge in [0.05, 0.1) is 6.61 Å². The maximum absolute atomic E-state index is 13.2. The highest BCUT2D eigenvalue weighted by Gasteiger charge is 2.22. The Morgan fingerprint density at radius 2 is 2.27 bits per heavy atom. The van der Waals surface area contributed by atoms with Gasteiger partial charge < -0.3 is 14.9 Å². The molecular weight excluding hydrogens is 227 g/mol. The standard InChI is InChI=1S/C9H8ClFO4/c1-2-15-5-3-4(12)8(11)6(7(5)10)9(13)14/h3,12H,2H2,1H3,(H,13,14). The number of rotatable bonds is 3. The number of halogens is 2. The molecule has 0 unspecified atom stereocenters. The van der Waals surface area contributed by atoms with Crippen molar-refractivity contribution < 1.29 is 24.1 Å². The highest BCUT2D eigenvalue weighted by Crippen LogP contribution is 2.35. The molecule has 0 heterocycles. The second-order valence-corrected chi connectivity index (χ2v) is 3.01. The third-order valence-electron chi connectivity index (χ3n) is 1.66. The Morgan fingerprint density at radius 3 is 2.73 bits per heavy atom. The molecule has 0 saturated carbocycles. The molecular formula is C9H8ClFO4. The van der Waals surface area contributed by atoms with E-state index >= 15 is 0 Å². The second kappa shape index (κ2) is 4.35. The Morgan fingerprint density at radius 1 is 1.67 bits per heavy atom. The molecule has 0 atom stereocenters. The van der Waals surface area contributed by atoms with Crippen LogP contribution in [0.4, 0.5) is 4.39 Å². The van der Waals surface area contributed by atoms with Crippen LogP contribution in [0.5, 0.6) is 11.5 Å². The third kappa shape index (κ3) is 2.12. The summed E-state index contributed by atoms with van der Waals surface area (Å²) >= 11 is 5.60. The van der Waals surface area contributed by atoms with Crippen molar-refractivity contribution in [3.63, 3.8) is 0 Å². The minimum absolute atomic E-state index is 0.0598. The lowest BCUT2D eigenvalue weighted by molar-refractivity contribution is 0.0690. The van der Waals surface area contributed by atoms with Crippen molar-refractivity contribution in [3.05, 3.63) is 22.5 Å². The lowest BCUT2D eigenvalue weighted by Gasteiger charge is -2.09. The van der Waals surface area contributed by atoms with E-state index in [9.17, 15) is 9.18 Å². The predicted octanol–water partition coefficient (Wildman–Crippen LogP) is 2.28. The van der Waals surface area contributed by atoms with Gasteiger partial charge in [0.25, 0.3) is 0 Å². The zero-order valence-corrected chi connectivity index (χ0v) is 8.51. The highest BCUT2D eigenvalue weighted by atomic mass is 35.5. The smallest absolute Gasteiger partial charge is 0.340 e. The molecule has 0 amide bonds. The lowest BCUT2D eigenvalue weighted by Crippen LogP contribution is -2.04. The van der Waals surface area contributed by atoms with Gasteiger partial charge in [-0.2, -0.15) is 0 Å². The topological polar surface area (TPSA) is 66.8 Å². The highest BCUT2D eigenvalue weighted by molar-refractivity contribution is 6.35. The van der Waals surface area contributed by atoms with Crippen molar-refractivity contribution in [3.8, 4) is 11.5 Å². The van der Waals surface area contributed by atoms with Crippen LogP contribution in [0.3, 0.4) is 0 Å². The molecule has 0 spiro atoms. The average Bonchev–Trinajstić information content (AvgIpc) is 2.14. The number of carbonyl (C=O) groups is 1. The summed E-state index contributed by atoms with van der Waals surface area (Å²) in [6.45, 7) is 1.88. The van der Waals surface area contributed by atoms with Crippen molar-refractivity contribution >= 4 is 17.6 Å². The summed E-state index contributed by atoms with van der Waals surface area (Å²) in [7, 11) is 0. The van der Waals surface area contributed by atoms with Gasteiger partial charge in [0.15, 0.2) is 11.6 Å². The van der Waals surface area contributed by atoms with E-state index in [4.69, 9.17) is 26.6 Å². The zero-order valence-electron chi connectivity index (χ0n) is 7.75. The molecule has 1 rings (SSSR count). The van der Waals surface area contributed by atoms with Crippen LogP contribution < -0.4 is 4.74 Å². The van der Waals surface area contributed by atoms with Gasteiger partial charge in [-0.3, -0.25) is 0 Å². The second-order valence-electron chi connectivity index (χ2n) is 2.63. The van der Waals surface area contributed by atoms with Crippen molar-refractivity contribution in [1.29, 1.82) is 0 Å². The van der Waals surface area contributed by atoms with Crippen LogP contribution in [0.15, 0.2) is 6.07 Å². The first-order chi connectivity index (χ1) is 6.99. The van der Waals surface area contributed by atoms with Gasteiger partial charge in [0.1, 0.15) is 16.3 Å². The maximum Gasteiger partial charge on any atom is 0.340 e. The number of carboxylic acid groups (broad SMARTS) is 1. The van der Waals surface area contributed by atoms with Crippen molar-refractivity contribution in [2.75, 3.05) is 6.61 Å². The molecule has 1 aromatic rings. The summed E-state index contributed by atoms with van der Waals surface area (Å²) in [6.07, 6.45) is 0. The minimum Gasteiger partial charge on any atom is -0.505 e. The van der Waals surface area contributed by atoms with Crippen molar-refractivity contribution in [1.82, 2.24) is 0 Å². The first kappa shape index (κ1) is 11.6. The van der Waals surface area contributed by atoms with E-state index in [1.807, 2.05) is 0 Å². The van der Waals surface area contributed by atoms with Crippen LogP contribution in [0.25, 0.3) is 0 Å². The summed E-state index contributed by atoms with van der Waals surface area (Å²) in [4.78, 5) is 10.7. The number of hydrogen-bond acceptors (Lipinski definition) is 3. The number of phenolic OH excluding ortho intramolecular Hbond substituents is 1. The van der Waals surface area contributed by atoms with Crippen molar-refractivity contribution in [2.45, 2.75) is 6.92 Å². The van der Waals surface area contributed by atoms with Crippen LogP contribution in [0, 0.1) is 5.82 Å². The summed E-state index contributed by atoms with van der Waals surface area (Å²) < 4.78 is 18.1. The van der Waals surface area contributed by atoms with E-state index in [1.54, 1.807) is 6.92 Å². The van der Waals surface area contributed by atoms with E-state index in [1.165, 1.54) is 0 Å². The van der Waals surface area contributed by atoms with Gasteiger partial charge in [0, 0.05) is 6.07 Å². The average molecular weight is 235 g/mol. The number of ether oxygens (including phenoxy) is 1. The molecule has 0 radical (unpaired) electrons. The van der Waals surface area contributed by atoms with E-state index in [0.29, 0.717) is 0 Å². The predicted molar refractivity (Wildman–Crippen MR) is 51.2 cm³/mol. The number of carboxylic acids is 1. The van der Waals surface area contributed by atoms with Gasteiger partial charge in [0.2, 0.25) is 0 Å². The number of benzene rings is 1. The Labute approximate surface area is 89.9 Å². The Balaban J connectivity index is 3.42. The third-order valence-corrected chi connectivity index (χ3v) is 2.04. The molecule has 15 heavy (non-hydrogen) atoms. The van der Waals surface area contributed by atoms with Crippen LogP contribution in [0.2, 0.25) is 5.02 Å². The normalized spacial score (nSPS) is 10.1. The molecule has 4 nitrogen and oxygen atoms in total. The van der Waals surface area contributed by atoms with Crippen molar-refractivity contribution in [2.24, 2.45) is 0 Å². The molecule has 0 saturated heterocycles. The van der Waals surface area contributed by atoms with Crippen LogP contribution in [0.1, 0.15) is 17.3 Å². The van der Waals surface area contributed by atoms with E-state index < -0.39 is 23.1 Å². The van der Waals surface area contributed by atoms with E-state index in [0.717, 1.165) is 6.07 Å². The fourth-order valence-electron chi connectivity index (χ4n) is 1.05. The summed E-state index contributed by atoms with van der Waals surface area (Å²) in [6, 6.07) is 0.938. The Bertz CT molecular complexity index is 406. The minimum atomic E-state index is -1.56. The summed E-state index contributed by atoms with van der Waals surface area (Å²) in [5.74, 6) is -3.69. The molecule has 0 aliphatic heterocycles. The van der Waals surface area contributed by atoms with Crippen LogP contribution >= 0.6 is 11.6 Å². The first-order valence-electron chi connectivity index (χ1n) is 4.06. The molecule has 0 fully saturated rings. The van der Waals surface area contributed by atoms with Gasteiger partial charge in [-0.25, -0.2) is 9.18 Å². The number of aromatic carboxylic acids is 1. The number of phenols is 1. The lowest BCUT2D eigenvalue weighted by atomic mass is 10.2. The largest absolute Gasteiger partial charge is 0.505 e. The summed E-state index contributed by atoms with van der Waals surface area (Å²) in [5, 5.41) is 17.4. The molecule has 2 N–H and O–H groups in total. The fraction of sp³-hybridized carbons (Fsp3) is 0.222. The summed E-state index contributed by atoms with van der Waals surface area (Å²) in [5.41, 5.74) is -0.792. The van der Waals surface area contributed by atoms with E-state index in [-0.39, 0.29) is 17.4 Å². The van der Waals surface area contributed by atoms with Gasteiger partial charge in [-0.05, 0) is 6.92 Å². The number of hydrogen-bond donors (Lipinski definition) is 2. The molecule has 0 aliphatic carbocycles. The molecule has 0 aliphatic rings. The van der Waals surface area contributed by atoms with Crippen LogP contribution in [-0.2, 0) is 0 Å². The van der Waals surface area contributed by atoms with E-state index in [2.05, 4.69) is 0 Å². The molecule has 0 bridgehead atoms. The Hall–Kier alpha value is -1.49. The molecule has 6 heteroatoms. The molecule has 82 valence electrons. The van der Waals surface area contributed by atoms with Gasteiger partial charge in [-0.15, -0.1) is 0 Å². The Kier molecular flexibility index (Phi) is 3.36. The zero-order chi connectivity index (χ0) is 11.6. The SMILES string of the molecule is CCOc1cc(O)c(F)c(C(=O)O)c1Cl. The van der Waals surface area contributed by atoms with Gasteiger partial charge >= 0.3 is 5.97 Å².